The predicted octanol–water partition coefficient (Wildman–Crippen LogP) is 4.63. The van der Waals surface area contributed by atoms with Crippen molar-refractivity contribution in [2.75, 3.05) is 11.1 Å². The number of nitrogens with zero attached hydrogens (tertiary/aromatic N) is 4. The Balaban J connectivity index is 1.73. The van der Waals surface area contributed by atoms with Crippen LogP contribution < -0.4 is 5.32 Å². The lowest BCUT2D eigenvalue weighted by atomic mass is 10.2. The van der Waals surface area contributed by atoms with E-state index in [9.17, 15) is 9.18 Å². The maximum atomic E-state index is 13.9. The van der Waals surface area contributed by atoms with Gasteiger partial charge >= 0.3 is 0 Å². The molecule has 28 heavy (non-hydrogen) atoms. The summed E-state index contributed by atoms with van der Waals surface area (Å²) in [5.74, 6) is 0.410. The minimum atomic E-state index is -0.490. The van der Waals surface area contributed by atoms with Crippen LogP contribution >= 0.6 is 27.7 Å². The first-order valence-electron chi connectivity index (χ1n) is 8.65. The highest BCUT2D eigenvalue weighted by Crippen LogP contribution is 2.25. The van der Waals surface area contributed by atoms with Crippen molar-refractivity contribution >= 4 is 39.3 Å². The van der Waals surface area contributed by atoms with Crippen molar-refractivity contribution in [3.63, 3.8) is 0 Å². The summed E-state index contributed by atoms with van der Waals surface area (Å²) in [7, 11) is 0. The van der Waals surface area contributed by atoms with Gasteiger partial charge in [0.25, 0.3) is 0 Å². The molecule has 146 valence electrons. The fraction of sp³-hybridized carbons (Fsp3) is 0.263. The van der Waals surface area contributed by atoms with Gasteiger partial charge in [-0.3, -0.25) is 9.78 Å². The molecule has 0 aliphatic carbocycles. The van der Waals surface area contributed by atoms with Gasteiger partial charge in [0.15, 0.2) is 11.0 Å². The van der Waals surface area contributed by atoms with Gasteiger partial charge in [-0.2, -0.15) is 0 Å². The highest BCUT2D eigenvalue weighted by molar-refractivity contribution is 9.10. The number of halogens is 2. The number of aromatic nitrogens is 4. The average Bonchev–Trinajstić information content (AvgIpc) is 3.05. The predicted molar refractivity (Wildman–Crippen MR) is 112 cm³/mol. The normalized spacial score (nSPS) is 11.0. The summed E-state index contributed by atoms with van der Waals surface area (Å²) < 4.78 is 16.5. The fourth-order valence-electron chi connectivity index (χ4n) is 2.55. The third kappa shape index (κ3) is 5.17. The number of rotatable bonds is 7. The molecule has 0 saturated carbocycles. The van der Waals surface area contributed by atoms with Crippen LogP contribution in [0.2, 0.25) is 0 Å². The Morgan fingerprint density at radius 1 is 1.25 bits per heavy atom. The maximum Gasteiger partial charge on any atom is 0.234 e. The van der Waals surface area contributed by atoms with E-state index in [0.29, 0.717) is 15.5 Å². The molecule has 2 heterocycles. The van der Waals surface area contributed by atoms with Crippen LogP contribution in [-0.4, -0.2) is 31.4 Å². The number of anilines is 1. The van der Waals surface area contributed by atoms with E-state index in [2.05, 4.69) is 50.3 Å². The zero-order valence-corrected chi connectivity index (χ0v) is 17.8. The molecule has 0 fully saturated rings. The number of hydrogen-bond donors (Lipinski definition) is 1. The molecule has 2 aromatic heterocycles. The second kappa shape index (κ2) is 9.29. The standard InChI is InChI=1S/C19H19BrFN5OS/c1-12(2)10-26-18(13-5-7-22-8-6-13)24-25-19(26)28-11-17(27)23-16-4-3-14(20)9-15(16)21/h3-9,12H,10-11H2,1-2H3,(H,23,27). The van der Waals surface area contributed by atoms with E-state index in [0.717, 1.165) is 17.9 Å². The molecule has 0 aliphatic heterocycles. The number of carbonyl (C=O) groups is 1. The van der Waals surface area contributed by atoms with Crippen LogP contribution in [-0.2, 0) is 11.3 Å². The number of amides is 1. The number of nitrogens with one attached hydrogen (secondary N) is 1. The summed E-state index contributed by atoms with van der Waals surface area (Å²) in [5.41, 5.74) is 1.06. The Hall–Kier alpha value is -2.26. The van der Waals surface area contributed by atoms with Crippen molar-refractivity contribution in [1.82, 2.24) is 19.7 Å². The first-order valence-corrected chi connectivity index (χ1v) is 10.4. The summed E-state index contributed by atoms with van der Waals surface area (Å²) in [6.45, 7) is 4.93. The smallest absolute Gasteiger partial charge is 0.234 e. The first kappa shape index (κ1) is 20.5. The minimum Gasteiger partial charge on any atom is -0.323 e. The van der Waals surface area contributed by atoms with E-state index in [1.165, 1.54) is 23.9 Å². The number of benzene rings is 1. The highest BCUT2D eigenvalue weighted by Gasteiger charge is 2.17. The zero-order valence-electron chi connectivity index (χ0n) is 15.4. The quantitative estimate of drug-likeness (QED) is 0.517. The van der Waals surface area contributed by atoms with Gasteiger partial charge in [0.1, 0.15) is 5.82 Å². The van der Waals surface area contributed by atoms with Gasteiger partial charge < -0.3 is 9.88 Å². The molecule has 0 bridgehead atoms. The molecule has 0 saturated heterocycles. The second-order valence-corrected chi connectivity index (χ2v) is 8.37. The molecule has 0 unspecified atom stereocenters. The van der Waals surface area contributed by atoms with Gasteiger partial charge in [-0.25, -0.2) is 4.39 Å². The lowest BCUT2D eigenvalue weighted by Crippen LogP contribution is -2.16. The van der Waals surface area contributed by atoms with E-state index in [1.807, 2.05) is 16.7 Å². The van der Waals surface area contributed by atoms with Crippen molar-refractivity contribution < 1.29 is 9.18 Å². The van der Waals surface area contributed by atoms with Crippen LogP contribution in [0.1, 0.15) is 13.8 Å². The van der Waals surface area contributed by atoms with Crippen LogP contribution in [0.15, 0.2) is 52.4 Å². The van der Waals surface area contributed by atoms with Crippen molar-refractivity contribution in [1.29, 1.82) is 0 Å². The van der Waals surface area contributed by atoms with Crippen molar-refractivity contribution in [2.24, 2.45) is 5.92 Å². The average molecular weight is 464 g/mol. The molecule has 1 amide bonds. The Morgan fingerprint density at radius 2 is 2.00 bits per heavy atom. The van der Waals surface area contributed by atoms with E-state index >= 15 is 0 Å². The van der Waals surface area contributed by atoms with Crippen molar-refractivity contribution in [3.05, 3.63) is 53.0 Å². The number of carbonyl (C=O) groups excluding carboxylic acids is 1. The Labute approximate surface area is 175 Å². The summed E-state index contributed by atoms with van der Waals surface area (Å²) in [6.07, 6.45) is 3.41. The van der Waals surface area contributed by atoms with E-state index in [4.69, 9.17) is 0 Å². The minimum absolute atomic E-state index is 0.0993. The van der Waals surface area contributed by atoms with Crippen LogP contribution in [0.25, 0.3) is 11.4 Å². The fourth-order valence-corrected chi connectivity index (χ4v) is 3.63. The van der Waals surface area contributed by atoms with Gasteiger partial charge in [-0.15, -0.1) is 10.2 Å². The molecular formula is C19H19BrFN5OS. The third-order valence-corrected chi connectivity index (χ3v) is 5.20. The molecule has 6 nitrogen and oxygen atoms in total. The summed E-state index contributed by atoms with van der Waals surface area (Å²) in [4.78, 5) is 16.3. The van der Waals surface area contributed by atoms with Gasteiger partial charge in [-0.05, 0) is 36.2 Å². The molecule has 0 radical (unpaired) electrons. The highest BCUT2D eigenvalue weighted by atomic mass is 79.9. The molecule has 1 aromatic carbocycles. The molecule has 3 rings (SSSR count). The second-order valence-electron chi connectivity index (χ2n) is 6.51. The monoisotopic (exact) mass is 463 g/mol. The van der Waals surface area contributed by atoms with Crippen molar-refractivity contribution in [2.45, 2.75) is 25.5 Å². The Morgan fingerprint density at radius 3 is 2.68 bits per heavy atom. The molecule has 1 N–H and O–H groups in total. The number of hydrogen-bond acceptors (Lipinski definition) is 5. The number of thioether (sulfide) groups is 1. The van der Waals surface area contributed by atoms with Gasteiger partial charge in [0, 0.05) is 29.0 Å². The summed E-state index contributed by atoms with van der Waals surface area (Å²) in [6, 6.07) is 8.25. The molecule has 3 aromatic rings. The van der Waals surface area contributed by atoms with E-state index in [1.54, 1.807) is 18.5 Å². The molecular weight excluding hydrogens is 445 g/mol. The van der Waals surface area contributed by atoms with Crippen molar-refractivity contribution in [3.8, 4) is 11.4 Å². The summed E-state index contributed by atoms with van der Waals surface area (Å²) >= 11 is 4.47. The van der Waals surface area contributed by atoms with Crippen LogP contribution in [0.5, 0.6) is 0 Å². The summed E-state index contributed by atoms with van der Waals surface area (Å²) in [5, 5.41) is 11.8. The molecule has 0 aliphatic rings. The van der Waals surface area contributed by atoms with E-state index in [-0.39, 0.29) is 17.3 Å². The molecule has 0 spiro atoms. The SMILES string of the molecule is CC(C)Cn1c(SCC(=O)Nc2ccc(Br)cc2F)nnc1-c1ccncc1. The lowest BCUT2D eigenvalue weighted by Gasteiger charge is -2.12. The number of pyridine rings is 1. The first-order chi connectivity index (χ1) is 13.4. The van der Waals surface area contributed by atoms with E-state index < -0.39 is 5.82 Å². The Kier molecular flexibility index (Phi) is 6.79. The molecule has 9 heteroatoms. The van der Waals surface area contributed by atoms with Crippen LogP contribution in [0.4, 0.5) is 10.1 Å². The third-order valence-electron chi connectivity index (χ3n) is 3.74. The maximum absolute atomic E-state index is 13.9. The lowest BCUT2D eigenvalue weighted by molar-refractivity contribution is -0.113. The largest absolute Gasteiger partial charge is 0.323 e. The zero-order chi connectivity index (χ0) is 20.1. The van der Waals surface area contributed by atoms with Gasteiger partial charge in [-0.1, -0.05) is 41.5 Å². The van der Waals surface area contributed by atoms with Crippen LogP contribution in [0.3, 0.4) is 0 Å². The molecule has 0 atom stereocenters. The van der Waals surface area contributed by atoms with Gasteiger partial charge in [0.2, 0.25) is 5.91 Å². The van der Waals surface area contributed by atoms with Crippen LogP contribution in [0, 0.1) is 11.7 Å². The Bertz CT molecular complexity index is 964. The van der Waals surface area contributed by atoms with Gasteiger partial charge in [0.05, 0.1) is 11.4 Å². The topological polar surface area (TPSA) is 72.7 Å².